The fourth-order valence-corrected chi connectivity index (χ4v) is 5.51. The van der Waals surface area contributed by atoms with Crippen LogP contribution >= 0.6 is 22.7 Å². The van der Waals surface area contributed by atoms with Crippen LogP contribution in [0.5, 0.6) is 0 Å². The molecule has 0 saturated carbocycles. The summed E-state index contributed by atoms with van der Waals surface area (Å²) >= 11 is 3.08. The summed E-state index contributed by atoms with van der Waals surface area (Å²) in [7, 11) is 0. The maximum Gasteiger partial charge on any atom is 0.291 e. The third-order valence-corrected chi connectivity index (χ3v) is 6.73. The molecule has 0 saturated heterocycles. The van der Waals surface area contributed by atoms with Gasteiger partial charge in [0.05, 0.1) is 4.70 Å². The maximum absolute atomic E-state index is 12.8. The molecule has 0 amide bonds. The molecule has 0 atom stereocenters. The van der Waals surface area contributed by atoms with Gasteiger partial charge in [-0.2, -0.15) is 4.98 Å². The molecule has 2 heterocycles. The van der Waals surface area contributed by atoms with Crippen molar-refractivity contribution in [1.29, 1.82) is 0 Å². The molecule has 0 N–H and O–H groups in total. The van der Waals surface area contributed by atoms with Gasteiger partial charge in [0.25, 0.3) is 5.56 Å². The molecule has 0 radical (unpaired) electrons. The first-order valence-corrected chi connectivity index (χ1v) is 10.2. The van der Waals surface area contributed by atoms with Gasteiger partial charge >= 0.3 is 0 Å². The fourth-order valence-electron chi connectivity index (χ4n) is 3.14. The Balaban J connectivity index is 1.80. The number of nitrogens with zero attached hydrogens (tertiary/aromatic N) is 2. The van der Waals surface area contributed by atoms with Crippen LogP contribution in [0.25, 0.3) is 19.5 Å². The van der Waals surface area contributed by atoms with E-state index in [-0.39, 0.29) is 5.56 Å². The second-order valence-corrected chi connectivity index (χ2v) is 8.09. The fraction of sp³-hybridized carbons (Fsp3) is 0. The van der Waals surface area contributed by atoms with Crippen LogP contribution in [0, 0.1) is 0 Å². The maximum atomic E-state index is 12.8. The Morgan fingerprint density at radius 1 is 0.667 bits per heavy atom. The van der Waals surface area contributed by atoms with Gasteiger partial charge in [0.15, 0.2) is 5.13 Å². The number of anilines is 3. The Hall–Kier alpha value is -3.02. The zero-order chi connectivity index (χ0) is 18.2. The van der Waals surface area contributed by atoms with Crippen molar-refractivity contribution < 1.29 is 0 Å². The molecule has 2 aromatic heterocycles. The second kappa shape index (κ2) is 6.61. The van der Waals surface area contributed by atoms with E-state index in [0.717, 1.165) is 30.9 Å². The number of para-hydroxylation sites is 2. The standard InChI is InChI=1S/C22H14N2OS2/c25-21-20-19(17-13-7-8-14-18(17)26-20)27-22(23-21)24(15-9-3-1-4-10-15)16-11-5-2-6-12-16/h1-14H. The summed E-state index contributed by atoms with van der Waals surface area (Å²) in [6.45, 7) is 0. The normalized spacial score (nSPS) is 11.1. The van der Waals surface area contributed by atoms with Gasteiger partial charge < -0.3 is 0 Å². The lowest BCUT2D eigenvalue weighted by molar-refractivity contribution is 1.20. The number of benzene rings is 3. The molecule has 0 fully saturated rings. The van der Waals surface area contributed by atoms with E-state index in [9.17, 15) is 4.79 Å². The molecule has 0 aliphatic heterocycles. The van der Waals surface area contributed by atoms with Crippen LogP contribution in [-0.2, 0) is 0 Å². The zero-order valence-corrected chi connectivity index (χ0v) is 15.8. The van der Waals surface area contributed by atoms with Gasteiger partial charge in [-0.15, -0.1) is 11.3 Å². The van der Waals surface area contributed by atoms with Crippen molar-refractivity contribution in [1.82, 2.24) is 4.98 Å². The average molecular weight is 387 g/mol. The SMILES string of the molecule is O=c1nc(N(c2ccccc2)c2ccccc2)sc2c1sc1ccccc12. The quantitative estimate of drug-likeness (QED) is 0.363. The largest absolute Gasteiger partial charge is 0.291 e. The summed E-state index contributed by atoms with van der Waals surface area (Å²) in [6.07, 6.45) is 0. The molecule has 27 heavy (non-hydrogen) atoms. The monoisotopic (exact) mass is 386 g/mol. The molecule has 5 rings (SSSR count). The lowest BCUT2D eigenvalue weighted by Gasteiger charge is -2.23. The van der Waals surface area contributed by atoms with Gasteiger partial charge in [-0.3, -0.25) is 9.69 Å². The summed E-state index contributed by atoms with van der Waals surface area (Å²) in [5, 5.41) is 1.79. The topological polar surface area (TPSA) is 33.2 Å². The Morgan fingerprint density at radius 2 is 1.26 bits per heavy atom. The summed E-state index contributed by atoms with van der Waals surface area (Å²) in [5.41, 5.74) is 1.79. The van der Waals surface area contributed by atoms with E-state index >= 15 is 0 Å². The number of aromatic nitrogens is 1. The highest BCUT2D eigenvalue weighted by Gasteiger charge is 2.18. The predicted molar refractivity (Wildman–Crippen MR) is 116 cm³/mol. The number of hydrogen-bond donors (Lipinski definition) is 0. The van der Waals surface area contributed by atoms with Crippen LogP contribution in [0.3, 0.4) is 0 Å². The molecule has 0 aliphatic rings. The number of thiophene rings is 1. The summed E-state index contributed by atoms with van der Waals surface area (Å²) in [5.74, 6) is 0. The van der Waals surface area contributed by atoms with E-state index in [1.165, 1.54) is 11.3 Å². The van der Waals surface area contributed by atoms with E-state index in [1.807, 2.05) is 77.7 Å². The van der Waals surface area contributed by atoms with Crippen LogP contribution < -0.4 is 10.5 Å². The van der Waals surface area contributed by atoms with Crippen LogP contribution in [0.1, 0.15) is 0 Å². The molecule has 5 heteroatoms. The average Bonchev–Trinajstić information content (AvgIpc) is 3.10. The third kappa shape index (κ3) is 2.81. The van der Waals surface area contributed by atoms with Gasteiger partial charge in [-0.1, -0.05) is 65.9 Å². The molecule has 5 aromatic rings. The number of hydrogen-bond acceptors (Lipinski definition) is 5. The van der Waals surface area contributed by atoms with Crippen molar-refractivity contribution in [3.05, 3.63) is 95.3 Å². The van der Waals surface area contributed by atoms with Crippen molar-refractivity contribution in [3.8, 4) is 0 Å². The predicted octanol–water partition coefficient (Wildman–Crippen LogP) is 6.34. The molecule has 130 valence electrons. The Bertz CT molecular complexity index is 1250. The van der Waals surface area contributed by atoms with E-state index in [2.05, 4.69) is 17.1 Å². The van der Waals surface area contributed by atoms with E-state index in [1.54, 1.807) is 11.3 Å². The minimum absolute atomic E-state index is 0.170. The van der Waals surface area contributed by atoms with Crippen LogP contribution in [0.4, 0.5) is 16.5 Å². The van der Waals surface area contributed by atoms with Crippen molar-refractivity contribution in [2.75, 3.05) is 4.90 Å². The Kier molecular flexibility index (Phi) is 3.96. The molecule has 0 aliphatic carbocycles. The summed E-state index contributed by atoms with van der Waals surface area (Å²) < 4.78 is 2.85. The highest BCUT2D eigenvalue weighted by molar-refractivity contribution is 7.32. The number of fused-ring (bicyclic) bond motifs is 3. The van der Waals surface area contributed by atoms with Gasteiger partial charge in [-0.25, -0.2) is 0 Å². The zero-order valence-electron chi connectivity index (χ0n) is 14.2. The lowest BCUT2D eigenvalue weighted by Crippen LogP contribution is -2.15. The lowest BCUT2D eigenvalue weighted by atomic mass is 10.2. The highest BCUT2D eigenvalue weighted by Crippen LogP contribution is 2.40. The molecule has 0 spiro atoms. The van der Waals surface area contributed by atoms with E-state index < -0.39 is 0 Å². The Labute approximate surface area is 163 Å². The molecular weight excluding hydrogens is 372 g/mol. The van der Waals surface area contributed by atoms with Crippen molar-refractivity contribution in [2.24, 2.45) is 0 Å². The van der Waals surface area contributed by atoms with Crippen molar-refractivity contribution in [2.45, 2.75) is 0 Å². The number of rotatable bonds is 3. The van der Waals surface area contributed by atoms with E-state index in [0.29, 0.717) is 5.13 Å². The van der Waals surface area contributed by atoms with Gasteiger partial charge in [0, 0.05) is 21.5 Å². The smallest absolute Gasteiger partial charge is 0.286 e. The minimum Gasteiger partial charge on any atom is -0.286 e. The first-order chi connectivity index (χ1) is 13.3. The summed E-state index contributed by atoms with van der Waals surface area (Å²) in [4.78, 5) is 19.3. The molecular formula is C22H14N2OS2. The van der Waals surface area contributed by atoms with Crippen LogP contribution in [-0.4, -0.2) is 4.98 Å². The molecule has 0 unspecified atom stereocenters. The highest BCUT2D eigenvalue weighted by atomic mass is 32.1. The van der Waals surface area contributed by atoms with E-state index in [4.69, 9.17) is 0 Å². The van der Waals surface area contributed by atoms with Crippen LogP contribution in [0.15, 0.2) is 89.7 Å². The Morgan fingerprint density at radius 3 is 1.93 bits per heavy atom. The first kappa shape index (κ1) is 16.2. The molecule has 3 aromatic carbocycles. The second-order valence-electron chi connectivity index (χ2n) is 6.06. The van der Waals surface area contributed by atoms with Crippen molar-refractivity contribution >= 4 is 58.7 Å². The van der Waals surface area contributed by atoms with Gasteiger partial charge in [-0.05, 0) is 30.3 Å². The summed E-state index contributed by atoms with van der Waals surface area (Å²) in [6, 6.07) is 28.2. The first-order valence-electron chi connectivity index (χ1n) is 8.54. The molecule has 3 nitrogen and oxygen atoms in total. The molecule has 0 bridgehead atoms. The van der Waals surface area contributed by atoms with Crippen LogP contribution in [0.2, 0.25) is 0 Å². The third-order valence-electron chi connectivity index (χ3n) is 4.35. The van der Waals surface area contributed by atoms with Gasteiger partial charge in [0.1, 0.15) is 4.70 Å². The van der Waals surface area contributed by atoms with Gasteiger partial charge in [0.2, 0.25) is 0 Å². The van der Waals surface area contributed by atoms with Crippen molar-refractivity contribution in [3.63, 3.8) is 0 Å². The minimum atomic E-state index is -0.170.